The zero-order valence-electron chi connectivity index (χ0n) is 11.7. The van der Waals surface area contributed by atoms with Gasteiger partial charge in [-0.1, -0.05) is 18.2 Å². The molecule has 108 valence electrons. The van der Waals surface area contributed by atoms with Gasteiger partial charge in [0.15, 0.2) is 0 Å². The highest BCUT2D eigenvalue weighted by Crippen LogP contribution is 2.23. The van der Waals surface area contributed by atoms with Crippen molar-refractivity contribution in [1.29, 1.82) is 0 Å². The number of nitrogens with one attached hydrogen (secondary N) is 1. The lowest BCUT2D eigenvalue weighted by molar-refractivity contribution is 0.421. The standard InChI is InChI=1S/C16H17N3O2/c1-19-9-8-17-16(19)15(14-7-4-10-21-14)18-11-12-5-2-3-6-13(12)20/h2-10,15,18,20H,11H2,1H3. The summed E-state index contributed by atoms with van der Waals surface area (Å²) in [7, 11) is 1.94. The second kappa shape index (κ2) is 5.85. The van der Waals surface area contributed by atoms with Gasteiger partial charge in [-0.15, -0.1) is 0 Å². The van der Waals surface area contributed by atoms with E-state index in [1.165, 1.54) is 0 Å². The molecule has 1 unspecified atom stereocenters. The summed E-state index contributed by atoms with van der Waals surface area (Å²) in [6.07, 6.45) is 5.30. The van der Waals surface area contributed by atoms with Crippen LogP contribution >= 0.6 is 0 Å². The normalized spacial score (nSPS) is 12.4. The topological polar surface area (TPSA) is 63.2 Å². The van der Waals surface area contributed by atoms with E-state index in [0.29, 0.717) is 6.54 Å². The van der Waals surface area contributed by atoms with Crippen molar-refractivity contribution in [3.05, 3.63) is 72.2 Å². The minimum atomic E-state index is -0.167. The number of rotatable bonds is 5. The van der Waals surface area contributed by atoms with Gasteiger partial charge in [0.2, 0.25) is 0 Å². The summed E-state index contributed by atoms with van der Waals surface area (Å²) in [5.74, 6) is 1.93. The Balaban J connectivity index is 1.84. The minimum absolute atomic E-state index is 0.167. The molecule has 3 aromatic rings. The first-order chi connectivity index (χ1) is 10.3. The lowest BCUT2D eigenvalue weighted by atomic mass is 10.1. The zero-order valence-corrected chi connectivity index (χ0v) is 11.7. The molecule has 1 atom stereocenters. The van der Waals surface area contributed by atoms with Crippen LogP contribution in [-0.2, 0) is 13.6 Å². The van der Waals surface area contributed by atoms with Crippen LogP contribution in [0.4, 0.5) is 0 Å². The number of hydrogen-bond acceptors (Lipinski definition) is 4. The number of aromatic nitrogens is 2. The van der Waals surface area contributed by atoms with Crippen molar-refractivity contribution < 1.29 is 9.52 Å². The third-order valence-electron chi connectivity index (χ3n) is 3.43. The predicted octanol–water partition coefficient (Wildman–Crippen LogP) is 2.60. The molecule has 0 aliphatic rings. The molecule has 2 N–H and O–H groups in total. The summed E-state index contributed by atoms with van der Waals surface area (Å²) in [5.41, 5.74) is 0.836. The van der Waals surface area contributed by atoms with Crippen molar-refractivity contribution in [2.75, 3.05) is 0 Å². The molecule has 2 aromatic heterocycles. The van der Waals surface area contributed by atoms with Gasteiger partial charge in [-0.25, -0.2) is 4.98 Å². The van der Waals surface area contributed by atoms with Crippen molar-refractivity contribution in [3.8, 4) is 5.75 Å². The van der Waals surface area contributed by atoms with Gasteiger partial charge in [-0.2, -0.15) is 0 Å². The van der Waals surface area contributed by atoms with E-state index in [0.717, 1.165) is 17.1 Å². The number of imidazole rings is 1. The van der Waals surface area contributed by atoms with Crippen molar-refractivity contribution in [1.82, 2.24) is 14.9 Å². The molecule has 21 heavy (non-hydrogen) atoms. The van der Waals surface area contributed by atoms with Gasteiger partial charge >= 0.3 is 0 Å². The van der Waals surface area contributed by atoms with Crippen molar-refractivity contribution in [2.24, 2.45) is 7.05 Å². The molecule has 2 heterocycles. The molecule has 0 fully saturated rings. The van der Waals surface area contributed by atoms with Crippen LogP contribution in [0.2, 0.25) is 0 Å². The highest BCUT2D eigenvalue weighted by Gasteiger charge is 2.20. The zero-order chi connectivity index (χ0) is 14.7. The summed E-state index contributed by atoms with van der Waals surface area (Å²) in [4.78, 5) is 4.38. The molecule has 0 amide bonds. The van der Waals surface area contributed by atoms with E-state index >= 15 is 0 Å². The average molecular weight is 283 g/mol. The van der Waals surface area contributed by atoms with E-state index in [9.17, 15) is 5.11 Å². The Kier molecular flexibility index (Phi) is 3.75. The van der Waals surface area contributed by atoms with Gasteiger partial charge in [-0.05, 0) is 18.2 Å². The van der Waals surface area contributed by atoms with Crippen LogP contribution in [0.3, 0.4) is 0 Å². The smallest absolute Gasteiger partial charge is 0.133 e. The van der Waals surface area contributed by atoms with Gasteiger partial charge < -0.3 is 14.1 Å². The Morgan fingerprint density at radius 1 is 1.29 bits per heavy atom. The van der Waals surface area contributed by atoms with Crippen LogP contribution in [0.15, 0.2) is 59.5 Å². The largest absolute Gasteiger partial charge is 0.508 e. The van der Waals surface area contributed by atoms with E-state index < -0.39 is 0 Å². The summed E-state index contributed by atoms with van der Waals surface area (Å²) in [5, 5.41) is 13.2. The van der Waals surface area contributed by atoms with Crippen LogP contribution in [0.5, 0.6) is 5.75 Å². The summed E-state index contributed by atoms with van der Waals surface area (Å²) in [6.45, 7) is 0.519. The van der Waals surface area contributed by atoms with Crippen LogP contribution in [0.25, 0.3) is 0 Å². The summed E-state index contributed by atoms with van der Waals surface area (Å²) >= 11 is 0. The number of nitrogens with zero attached hydrogens (tertiary/aromatic N) is 2. The van der Waals surface area contributed by atoms with Crippen molar-refractivity contribution in [3.63, 3.8) is 0 Å². The first-order valence-corrected chi connectivity index (χ1v) is 6.76. The molecule has 5 nitrogen and oxygen atoms in total. The van der Waals surface area contributed by atoms with Gasteiger partial charge in [-0.3, -0.25) is 5.32 Å². The number of benzene rings is 1. The Bertz CT molecular complexity index is 704. The van der Waals surface area contributed by atoms with E-state index in [1.807, 2.05) is 48.1 Å². The quantitative estimate of drug-likeness (QED) is 0.755. The molecular weight excluding hydrogens is 266 g/mol. The van der Waals surface area contributed by atoms with E-state index in [2.05, 4.69) is 10.3 Å². The average Bonchev–Trinajstić information content (AvgIpc) is 3.14. The van der Waals surface area contributed by atoms with E-state index in [-0.39, 0.29) is 11.8 Å². The maximum atomic E-state index is 9.85. The molecule has 0 saturated heterocycles. The second-order valence-electron chi connectivity index (χ2n) is 4.85. The predicted molar refractivity (Wildman–Crippen MR) is 78.7 cm³/mol. The van der Waals surface area contributed by atoms with Crippen molar-refractivity contribution in [2.45, 2.75) is 12.6 Å². The molecule has 0 radical (unpaired) electrons. The number of hydrogen-bond donors (Lipinski definition) is 2. The van der Waals surface area contributed by atoms with Crippen LogP contribution in [0.1, 0.15) is 23.2 Å². The lowest BCUT2D eigenvalue weighted by Gasteiger charge is -2.17. The Morgan fingerprint density at radius 3 is 2.81 bits per heavy atom. The molecule has 0 bridgehead atoms. The summed E-state index contributed by atoms with van der Waals surface area (Å²) < 4.78 is 7.46. The number of aromatic hydroxyl groups is 1. The van der Waals surface area contributed by atoms with Crippen molar-refractivity contribution >= 4 is 0 Å². The monoisotopic (exact) mass is 283 g/mol. The Morgan fingerprint density at radius 2 is 2.14 bits per heavy atom. The molecule has 3 rings (SSSR count). The van der Waals surface area contributed by atoms with Gasteiger partial charge in [0, 0.05) is 31.5 Å². The number of furan rings is 1. The minimum Gasteiger partial charge on any atom is -0.508 e. The molecule has 1 aromatic carbocycles. The number of aryl methyl sites for hydroxylation is 1. The number of phenols is 1. The van der Waals surface area contributed by atoms with Crippen LogP contribution in [0, 0.1) is 0 Å². The highest BCUT2D eigenvalue weighted by molar-refractivity contribution is 5.32. The second-order valence-corrected chi connectivity index (χ2v) is 4.85. The van der Waals surface area contributed by atoms with Crippen LogP contribution in [-0.4, -0.2) is 14.7 Å². The maximum Gasteiger partial charge on any atom is 0.133 e. The van der Waals surface area contributed by atoms with Crippen LogP contribution < -0.4 is 5.32 Å². The molecule has 0 spiro atoms. The highest BCUT2D eigenvalue weighted by atomic mass is 16.3. The third kappa shape index (κ3) is 2.83. The van der Waals surface area contributed by atoms with Gasteiger partial charge in [0.05, 0.1) is 6.26 Å². The van der Waals surface area contributed by atoms with Gasteiger partial charge in [0.25, 0.3) is 0 Å². The fourth-order valence-corrected chi connectivity index (χ4v) is 2.30. The first kappa shape index (κ1) is 13.5. The van der Waals surface area contributed by atoms with Gasteiger partial charge in [0.1, 0.15) is 23.4 Å². The fourth-order valence-electron chi connectivity index (χ4n) is 2.30. The molecular formula is C16H17N3O2. The SMILES string of the molecule is Cn1ccnc1C(NCc1ccccc1O)c1ccco1. The number of para-hydroxylation sites is 1. The summed E-state index contributed by atoms with van der Waals surface area (Å²) in [6, 6.07) is 10.9. The molecule has 0 aliphatic carbocycles. The Labute approximate surface area is 122 Å². The lowest BCUT2D eigenvalue weighted by Crippen LogP contribution is -2.24. The molecule has 5 heteroatoms. The first-order valence-electron chi connectivity index (χ1n) is 6.76. The third-order valence-corrected chi connectivity index (χ3v) is 3.43. The molecule has 0 aliphatic heterocycles. The van der Waals surface area contributed by atoms with E-state index in [1.54, 1.807) is 18.5 Å². The van der Waals surface area contributed by atoms with E-state index in [4.69, 9.17) is 4.42 Å². The maximum absolute atomic E-state index is 9.85. The Hall–Kier alpha value is -2.53. The number of phenolic OH excluding ortho intramolecular Hbond substituents is 1. The fraction of sp³-hybridized carbons (Fsp3) is 0.188. The molecule has 0 saturated carbocycles.